The number of hydrogen-bond acceptors (Lipinski definition) is 3. The molecule has 1 rings (SSSR count). The van der Waals surface area contributed by atoms with E-state index in [1.807, 2.05) is 20.8 Å². The first-order chi connectivity index (χ1) is 9.50. The summed E-state index contributed by atoms with van der Waals surface area (Å²) < 4.78 is 5.86. The zero-order valence-corrected chi connectivity index (χ0v) is 13.2. The Bertz CT molecular complexity index is 273. The molecule has 0 aromatic carbocycles. The van der Waals surface area contributed by atoms with Crippen molar-refractivity contribution < 1.29 is 14.6 Å². The molecule has 4 heteroatoms. The summed E-state index contributed by atoms with van der Waals surface area (Å²) in [5, 5.41) is 12.5. The molecule has 1 saturated carbocycles. The molecule has 0 aromatic rings. The maximum Gasteiger partial charge on any atom is 0.248 e. The number of carbonyl (C=O) groups excluding carboxylic acids is 1. The Morgan fingerprint density at radius 2 is 1.80 bits per heavy atom. The summed E-state index contributed by atoms with van der Waals surface area (Å²) in [4.78, 5) is 11.9. The molecule has 0 radical (unpaired) electrons. The van der Waals surface area contributed by atoms with Crippen LogP contribution in [-0.2, 0) is 9.53 Å². The molecule has 0 heterocycles. The highest BCUT2D eigenvalue weighted by Gasteiger charge is 2.20. The van der Waals surface area contributed by atoms with E-state index in [9.17, 15) is 9.90 Å². The number of amides is 1. The second-order valence-electron chi connectivity index (χ2n) is 6.28. The quantitative estimate of drug-likeness (QED) is 0.707. The molecule has 0 spiro atoms. The fraction of sp³-hybridized carbons (Fsp3) is 0.938. The van der Waals surface area contributed by atoms with Gasteiger partial charge < -0.3 is 15.2 Å². The van der Waals surface area contributed by atoms with Gasteiger partial charge in [0.1, 0.15) is 6.10 Å². The summed E-state index contributed by atoms with van der Waals surface area (Å²) in [5.41, 5.74) is 0. The second kappa shape index (κ2) is 9.35. The molecule has 2 unspecified atom stereocenters. The molecule has 1 aliphatic rings. The molecule has 1 aliphatic carbocycles. The van der Waals surface area contributed by atoms with Crippen LogP contribution in [0, 0.1) is 5.92 Å². The third-order valence-corrected chi connectivity index (χ3v) is 4.08. The van der Waals surface area contributed by atoms with E-state index in [2.05, 4.69) is 5.32 Å². The molecule has 20 heavy (non-hydrogen) atoms. The number of ether oxygens (including phenoxy) is 1. The second-order valence-corrected chi connectivity index (χ2v) is 6.28. The number of aliphatic hydroxyl groups excluding tert-OH is 1. The van der Waals surface area contributed by atoms with Crippen LogP contribution >= 0.6 is 0 Å². The van der Waals surface area contributed by atoms with Crippen LogP contribution < -0.4 is 5.32 Å². The van der Waals surface area contributed by atoms with Gasteiger partial charge in [-0.2, -0.15) is 0 Å². The maximum absolute atomic E-state index is 11.9. The summed E-state index contributed by atoms with van der Waals surface area (Å²) >= 11 is 0. The first kappa shape index (κ1) is 17.4. The molecule has 4 nitrogen and oxygen atoms in total. The van der Waals surface area contributed by atoms with Crippen LogP contribution in [0.1, 0.15) is 65.7 Å². The van der Waals surface area contributed by atoms with E-state index in [4.69, 9.17) is 4.74 Å². The van der Waals surface area contributed by atoms with Crippen molar-refractivity contribution in [3.63, 3.8) is 0 Å². The lowest BCUT2D eigenvalue weighted by molar-refractivity contribution is -0.135. The van der Waals surface area contributed by atoms with Gasteiger partial charge in [-0.15, -0.1) is 0 Å². The summed E-state index contributed by atoms with van der Waals surface area (Å²) in [6, 6.07) is 0. The Hall–Kier alpha value is -0.610. The van der Waals surface area contributed by atoms with Crippen molar-refractivity contribution in [1.82, 2.24) is 5.32 Å². The van der Waals surface area contributed by atoms with Gasteiger partial charge in [0.25, 0.3) is 0 Å². The molecule has 0 bridgehead atoms. The molecular weight excluding hydrogens is 254 g/mol. The van der Waals surface area contributed by atoms with E-state index >= 15 is 0 Å². The number of carbonyl (C=O) groups is 1. The van der Waals surface area contributed by atoms with Crippen molar-refractivity contribution in [2.75, 3.05) is 6.54 Å². The standard InChI is InChI=1S/C16H31NO3/c1-12(2)15(18)10-11-17-16(19)13(3)20-14-8-6-4-5-7-9-14/h12-15,18H,4-11H2,1-3H3,(H,17,19). The van der Waals surface area contributed by atoms with Crippen LogP contribution in [-0.4, -0.2) is 35.9 Å². The third kappa shape index (κ3) is 6.71. The molecular formula is C16H31NO3. The van der Waals surface area contributed by atoms with E-state index in [-0.39, 0.29) is 24.0 Å². The van der Waals surface area contributed by atoms with Crippen LogP contribution in [0.2, 0.25) is 0 Å². The molecule has 118 valence electrons. The van der Waals surface area contributed by atoms with Gasteiger partial charge in [0.2, 0.25) is 5.91 Å². The van der Waals surface area contributed by atoms with Crippen LogP contribution in [0.4, 0.5) is 0 Å². The fourth-order valence-electron chi connectivity index (χ4n) is 2.55. The highest BCUT2D eigenvalue weighted by Crippen LogP contribution is 2.20. The van der Waals surface area contributed by atoms with E-state index < -0.39 is 6.10 Å². The largest absolute Gasteiger partial charge is 0.393 e. The highest BCUT2D eigenvalue weighted by molar-refractivity contribution is 5.80. The Balaban J connectivity index is 2.21. The lowest BCUT2D eigenvalue weighted by Crippen LogP contribution is -2.38. The molecule has 0 saturated heterocycles. The van der Waals surface area contributed by atoms with E-state index in [1.165, 1.54) is 25.7 Å². The number of hydrogen-bond donors (Lipinski definition) is 2. The Morgan fingerprint density at radius 3 is 2.35 bits per heavy atom. The van der Waals surface area contributed by atoms with Gasteiger partial charge in [0.15, 0.2) is 0 Å². The first-order valence-electron chi connectivity index (χ1n) is 8.12. The van der Waals surface area contributed by atoms with Gasteiger partial charge >= 0.3 is 0 Å². The zero-order valence-electron chi connectivity index (χ0n) is 13.2. The minimum absolute atomic E-state index is 0.0646. The Morgan fingerprint density at radius 1 is 1.20 bits per heavy atom. The molecule has 2 N–H and O–H groups in total. The monoisotopic (exact) mass is 285 g/mol. The van der Waals surface area contributed by atoms with Crippen molar-refractivity contribution in [1.29, 1.82) is 0 Å². The normalized spacial score (nSPS) is 20.4. The Labute approximate surface area is 123 Å². The first-order valence-corrected chi connectivity index (χ1v) is 8.12. The van der Waals surface area contributed by atoms with Crippen LogP contribution in [0.3, 0.4) is 0 Å². The van der Waals surface area contributed by atoms with Gasteiger partial charge in [-0.3, -0.25) is 4.79 Å². The van der Waals surface area contributed by atoms with Crippen LogP contribution in [0.15, 0.2) is 0 Å². The predicted octanol–water partition coefficient (Wildman–Crippen LogP) is 2.64. The highest BCUT2D eigenvalue weighted by atomic mass is 16.5. The topological polar surface area (TPSA) is 58.6 Å². The fourth-order valence-corrected chi connectivity index (χ4v) is 2.55. The van der Waals surface area contributed by atoms with E-state index in [0.29, 0.717) is 13.0 Å². The maximum atomic E-state index is 11.9. The lowest BCUT2D eigenvalue weighted by atomic mass is 10.0. The number of nitrogens with one attached hydrogen (secondary N) is 1. The Kier molecular flexibility index (Phi) is 8.15. The smallest absolute Gasteiger partial charge is 0.248 e. The van der Waals surface area contributed by atoms with E-state index in [0.717, 1.165) is 12.8 Å². The lowest BCUT2D eigenvalue weighted by Gasteiger charge is -2.21. The van der Waals surface area contributed by atoms with Gasteiger partial charge in [-0.1, -0.05) is 39.5 Å². The van der Waals surface area contributed by atoms with Crippen molar-refractivity contribution >= 4 is 5.91 Å². The minimum atomic E-state index is -0.394. The minimum Gasteiger partial charge on any atom is -0.393 e. The van der Waals surface area contributed by atoms with Gasteiger partial charge in [0, 0.05) is 6.54 Å². The van der Waals surface area contributed by atoms with Crippen molar-refractivity contribution in [2.45, 2.75) is 84.0 Å². The summed E-state index contributed by atoms with van der Waals surface area (Å²) in [7, 11) is 0. The van der Waals surface area contributed by atoms with Gasteiger partial charge in [-0.25, -0.2) is 0 Å². The van der Waals surface area contributed by atoms with Crippen molar-refractivity contribution in [3.05, 3.63) is 0 Å². The zero-order chi connectivity index (χ0) is 15.0. The molecule has 1 fully saturated rings. The van der Waals surface area contributed by atoms with Crippen molar-refractivity contribution in [3.8, 4) is 0 Å². The van der Waals surface area contributed by atoms with E-state index in [1.54, 1.807) is 0 Å². The summed E-state index contributed by atoms with van der Waals surface area (Å²) in [5.74, 6) is 0.164. The van der Waals surface area contributed by atoms with Crippen LogP contribution in [0.5, 0.6) is 0 Å². The molecule has 0 aromatic heterocycles. The number of aliphatic hydroxyl groups is 1. The molecule has 1 amide bonds. The molecule has 2 atom stereocenters. The number of rotatable bonds is 7. The predicted molar refractivity (Wildman–Crippen MR) is 80.5 cm³/mol. The van der Waals surface area contributed by atoms with Gasteiger partial charge in [-0.05, 0) is 32.1 Å². The van der Waals surface area contributed by atoms with Gasteiger partial charge in [0.05, 0.1) is 12.2 Å². The average molecular weight is 285 g/mol. The van der Waals surface area contributed by atoms with Crippen LogP contribution in [0.25, 0.3) is 0 Å². The van der Waals surface area contributed by atoms with Crippen molar-refractivity contribution in [2.24, 2.45) is 5.92 Å². The average Bonchev–Trinajstić information content (AvgIpc) is 2.66. The summed E-state index contributed by atoms with van der Waals surface area (Å²) in [6.07, 6.45) is 7.22. The SMILES string of the molecule is CC(OC1CCCCCC1)C(=O)NCCC(O)C(C)C. The third-order valence-electron chi connectivity index (χ3n) is 4.08. The molecule has 0 aliphatic heterocycles. The summed E-state index contributed by atoms with van der Waals surface area (Å²) in [6.45, 7) is 6.28.